The molecule has 0 heterocycles. The smallest absolute Gasteiger partial charge is 0.252 e. The third-order valence-corrected chi connectivity index (χ3v) is 2.21. The molecule has 0 aliphatic carbocycles. The quantitative estimate of drug-likeness (QED) is 0.742. The second-order valence-corrected chi connectivity index (χ2v) is 5.21. The van der Waals surface area contributed by atoms with E-state index in [9.17, 15) is 4.79 Å². The molecular weight excluding hydrogens is 226 g/mol. The number of carbonyl (C=O) groups excluding carboxylic acids is 1. The van der Waals surface area contributed by atoms with Crippen LogP contribution in [-0.4, -0.2) is 23.2 Å². The van der Waals surface area contributed by atoms with Crippen molar-refractivity contribution in [2.45, 2.75) is 33.2 Å². The molecule has 3 nitrogen and oxygen atoms in total. The predicted octanol–water partition coefficient (Wildman–Crippen LogP) is 1.87. The molecule has 0 bridgehead atoms. The number of carbonyl (C=O) groups is 1. The summed E-state index contributed by atoms with van der Waals surface area (Å²) in [6.45, 7) is 7.51. The molecule has 0 aromatic heterocycles. The Morgan fingerprint density at radius 2 is 2.06 bits per heavy atom. The van der Waals surface area contributed by atoms with Gasteiger partial charge in [0.25, 0.3) is 5.91 Å². The molecule has 1 aromatic rings. The van der Waals surface area contributed by atoms with Crippen LogP contribution in [0.1, 0.15) is 42.3 Å². The summed E-state index contributed by atoms with van der Waals surface area (Å²) in [5.41, 5.74) is 1.93. The van der Waals surface area contributed by atoms with Crippen molar-refractivity contribution in [3.8, 4) is 11.8 Å². The van der Waals surface area contributed by atoms with E-state index >= 15 is 0 Å². The van der Waals surface area contributed by atoms with E-state index in [0.29, 0.717) is 11.1 Å². The molecule has 0 spiro atoms. The normalized spacial score (nSPS) is 10.5. The van der Waals surface area contributed by atoms with Gasteiger partial charge in [-0.15, -0.1) is 0 Å². The summed E-state index contributed by atoms with van der Waals surface area (Å²) >= 11 is 0. The maximum atomic E-state index is 12.1. The maximum Gasteiger partial charge on any atom is 0.252 e. The molecule has 2 N–H and O–H groups in total. The second-order valence-electron chi connectivity index (χ2n) is 5.21. The fourth-order valence-corrected chi connectivity index (χ4v) is 1.50. The first-order chi connectivity index (χ1) is 8.33. The largest absolute Gasteiger partial charge is 0.384 e. The van der Waals surface area contributed by atoms with Crippen LogP contribution in [0.3, 0.4) is 0 Å². The molecular formula is C15H19NO2. The lowest BCUT2D eigenvalue weighted by Gasteiger charge is -2.21. The number of hydrogen-bond acceptors (Lipinski definition) is 2. The number of hydrogen-bond donors (Lipinski definition) is 2. The zero-order chi connectivity index (χ0) is 13.8. The Kier molecular flexibility index (Phi) is 4.52. The minimum atomic E-state index is -0.288. The zero-order valence-electron chi connectivity index (χ0n) is 11.3. The van der Waals surface area contributed by atoms with Gasteiger partial charge < -0.3 is 10.4 Å². The van der Waals surface area contributed by atoms with Crippen molar-refractivity contribution in [2.75, 3.05) is 6.61 Å². The summed E-state index contributed by atoms with van der Waals surface area (Å²) in [4.78, 5) is 12.1. The van der Waals surface area contributed by atoms with Gasteiger partial charge in [-0.25, -0.2) is 0 Å². The first-order valence-corrected chi connectivity index (χ1v) is 5.86. The number of amides is 1. The molecule has 0 aliphatic heterocycles. The summed E-state index contributed by atoms with van der Waals surface area (Å²) in [7, 11) is 0. The van der Waals surface area contributed by atoms with Crippen LogP contribution >= 0.6 is 0 Å². The minimum absolute atomic E-state index is 0.148. The summed E-state index contributed by atoms with van der Waals surface area (Å²) < 4.78 is 0. The van der Waals surface area contributed by atoms with Crippen molar-refractivity contribution >= 4 is 5.91 Å². The van der Waals surface area contributed by atoms with E-state index in [-0.39, 0.29) is 18.1 Å². The van der Waals surface area contributed by atoms with Crippen molar-refractivity contribution in [1.82, 2.24) is 5.32 Å². The first-order valence-electron chi connectivity index (χ1n) is 5.86. The Bertz CT molecular complexity index is 501. The van der Waals surface area contributed by atoms with E-state index < -0.39 is 0 Å². The number of aryl methyl sites for hydroxylation is 1. The van der Waals surface area contributed by atoms with E-state index in [4.69, 9.17) is 5.11 Å². The Morgan fingerprint density at radius 1 is 1.39 bits per heavy atom. The number of aliphatic hydroxyl groups excluding tert-OH is 1. The molecule has 0 atom stereocenters. The predicted molar refractivity (Wildman–Crippen MR) is 72.4 cm³/mol. The molecule has 1 amide bonds. The van der Waals surface area contributed by atoms with Crippen molar-refractivity contribution in [1.29, 1.82) is 0 Å². The van der Waals surface area contributed by atoms with Gasteiger partial charge in [0.1, 0.15) is 6.61 Å². The van der Waals surface area contributed by atoms with Gasteiger partial charge >= 0.3 is 0 Å². The molecule has 1 aromatic carbocycles. The van der Waals surface area contributed by atoms with Crippen LogP contribution in [0, 0.1) is 18.8 Å². The molecule has 3 heteroatoms. The van der Waals surface area contributed by atoms with Crippen LogP contribution in [0.4, 0.5) is 0 Å². The SMILES string of the molecule is Cc1ccc(C(=O)NC(C)(C)C)c(C#CCO)c1. The van der Waals surface area contributed by atoms with Gasteiger partial charge in [0, 0.05) is 11.1 Å². The van der Waals surface area contributed by atoms with Crippen molar-refractivity contribution in [3.05, 3.63) is 34.9 Å². The van der Waals surface area contributed by atoms with Gasteiger partial charge in [-0.2, -0.15) is 0 Å². The van der Waals surface area contributed by atoms with Gasteiger partial charge in [-0.1, -0.05) is 17.9 Å². The molecule has 0 unspecified atom stereocenters. The zero-order valence-corrected chi connectivity index (χ0v) is 11.3. The average Bonchev–Trinajstić information content (AvgIpc) is 2.23. The molecule has 18 heavy (non-hydrogen) atoms. The van der Waals surface area contributed by atoms with Crippen molar-refractivity contribution in [3.63, 3.8) is 0 Å². The van der Waals surface area contributed by atoms with Gasteiger partial charge in [-0.05, 0) is 45.4 Å². The lowest BCUT2D eigenvalue weighted by Crippen LogP contribution is -2.40. The Hall–Kier alpha value is -1.79. The summed E-state index contributed by atoms with van der Waals surface area (Å²) in [5.74, 6) is 5.24. The third-order valence-electron chi connectivity index (χ3n) is 2.21. The first kappa shape index (κ1) is 14.3. The Labute approximate surface area is 108 Å². The highest BCUT2D eigenvalue weighted by Crippen LogP contribution is 2.12. The van der Waals surface area contributed by atoms with Crippen LogP contribution < -0.4 is 5.32 Å². The fourth-order valence-electron chi connectivity index (χ4n) is 1.50. The van der Waals surface area contributed by atoms with Crippen LogP contribution in [-0.2, 0) is 0 Å². The lowest BCUT2D eigenvalue weighted by molar-refractivity contribution is 0.0919. The van der Waals surface area contributed by atoms with Gasteiger partial charge in [-0.3, -0.25) is 4.79 Å². The molecule has 0 saturated carbocycles. The van der Waals surface area contributed by atoms with Crippen LogP contribution in [0.25, 0.3) is 0 Å². The third kappa shape index (κ3) is 4.23. The maximum absolute atomic E-state index is 12.1. The molecule has 0 fully saturated rings. The number of nitrogens with one attached hydrogen (secondary N) is 1. The van der Waals surface area contributed by atoms with E-state index in [1.807, 2.05) is 39.8 Å². The summed E-state index contributed by atoms with van der Waals surface area (Å²) in [5, 5.41) is 11.6. The van der Waals surface area contributed by atoms with E-state index in [1.165, 1.54) is 0 Å². The number of rotatable bonds is 1. The average molecular weight is 245 g/mol. The minimum Gasteiger partial charge on any atom is -0.384 e. The van der Waals surface area contributed by atoms with E-state index in [2.05, 4.69) is 17.2 Å². The van der Waals surface area contributed by atoms with Crippen LogP contribution in [0.5, 0.6) is 0 Å². The molecule has 0 saturated heterocycles. The van der Waals surface area contributed by atoms with Crippen LogP contribution in [0.15, 0.2) is 18.2 Å². The lowest BCUT2D eigenvalue weighted by atomic mass is 10.0. The van der Waals surface area contributed by atoms with Crippen molar-refractivity contribution < 1.29 is 9.90 Å². The summed E-state index contributed by atoms with van der Waals surface area (Å²) in [6.07, 6.45) is 0. The fraction of sp³-hybridized carbons (Fsp3) is 0.400. The van der Waals surface area contributed by atoms with Crippen molar-refractivity contribution in [2.24, 2.45) is 0 Å². The Balaban J connectivity index is 3.11. The van der Waals surface area contributed by atoms with E-state index in [1.54, 1.807) is 6.07 Å². The van der Waals surface area contributed by atoms with E-state index in [0.717, 1.165) is 5.56 Å². The monoisotopic (exact) mass is 245 g/mol. The molecule has 0 aliphatic rings. The van der Waals surface area contributed by atoms with Crippen LogP contribution in [0.2, 0.25) is 0 Å². The van der Waals surface area contributed by atoms with Gasteiger partial charge in [0.15, 0.2) is 0 Å². The highest BCUT2D eigenvalue weighted by atomic mass is 16.2. The molecule has 1 rings (SSSR count). The number of aliphatic hydroxyl groups is 1. The highest BCUT2D eigenvalue weighted by molar-refractivity contribution is 5.97. The van der Waals surface area contributed by atoms with Gasteiger partial charge in [0.2, 0.25) is 0 Å². The van der Waals surface area contributed by atoms with Gasteiger partial charge in [0.05, 0.1) is 5.56 Å². The topological polar surface area (TPSA) is 49.3 Å². The Morgan fingerprint density at radius 3 is 2.61 bits per heavy atom. The number of benzene rings is 1. The molecule has 0 radical (unpaired) electrons. The second kappa shape index (κ2) is 5.70. The standard InChI is InChI=1S/C15H19NO2/c1-11-7-8-13(12(10-11)6-5-9-17)14(18)16-15(2,3)4/h7-8,10,17H,9H2,1-4H3,(H,16,18). The summed E-state index contributed by atoms with van der Waals surface area (Å²) in [6, 6.07) is 5.49. The highest BCUT2D eigenvalue weighted by Gasteiger charge is 2.17. The molecule has 96 valence electrons.